The summed E-state index contributed by atoms with van der Waals surface area (Å²) in [5, 5.41) is 4.35. The molecule has 0 unspecified atom stereocenters. The zero-order chi connectivity index (χ0) is 20.1. The van der Waals surface area contributed by atoms with E-state index in [0.29, 0.717) is 17.0 Å². The van der Waals surface area contributed by atoms with Crippen LogP contribution < -0.4 is 15.8 Å². The van der Waals surface area contributed by atoms with Gasteiger partial charge in [0.1, 0.15) is 11.3 Å². The first-order valence-corrected chi connectivity index (χ1v) is 8.41. The fraction of sp³-hybridized carbons (Fsp3) is 0.0952. The Kier molecular flexibility index (Phi) is 5.55. The van der Waals surface area contributed by atoms with Gasteiger partial charge in [0.2, 0.25) is 5.91 Å². The minimum absolute atomic E-state index is 0.236. The molecular weight excluding hydrogens is 360 g/mol. The number of ether oxygens (including phenoxy) is 2. The van der Waals surface area contributed by atoms with E-state index >= 15 is 0 Å². The quantitative estimate of drug-likeness (QED) is 0.641. The number of fused-ring (bicyclic) bond motifs is 1. The van der Waals surface area contributed by atoms with Crippen LogP contribution in [0.2, 0.25) is 0 Å². The number of rotatable bonds is 6. The van der Waals surface area contributed by atoms with Gasteiger partial charge >= 0.3 is 5.97 Å². The lowest BCUT2D eigenvalue weighted by atomic mass is 10.1. The maximum atomic E-state index is 12.4. The number of carbonyl (C=O) groups excluding carboxylic acids is 3. The van der Waals surface area contributed by atoms with Crippen LogP contribution in [0.4, 0.5) is 5.69 Å². The topological polar surface area (TPSA) is 108 Å². The zero-order valence-corrected chi connectivity index (χ0v) is 15.1. The molecule has 0 atom stereocenters. The van der Waals surface area contributed by atoms with Crippen molar-refractivity contribution in [2.75, 3.05) is 19.0 Å². The van der Waals surface area contributed by atoms with E-state index in [1.54, 1.807) is 12.1 Å². The van der Waals surface area contributed by atoms with Gasteiger partial charge in [-0.2, -0.15) is 0 Å². The lowest BCUT2D eigenvalue weighted by molar-refractivity contribution is -0.119. The van der Waals surface area contributed by atoms with Gasteiger partial charge in [-0.15, -0.1) is 0 Å². The van der Waals surface area contributed by atoms with E-state index in [9.17, 15) is 14.4 Å². The Hall–Kier alpha value is -3.87. The van der Waals surface area contributed by atoms with Crippen molar-refractivity contribution in [3.8, 4) is 5.75 Å². The standard InChI is InChI=1S/C21H18N2O5/c1-27-18-11-15-5-3-2-4-14(15)10-17(18)21(26)28-12-19(24)23-16-8-6-13(7-9-16)20(22)25/h2-11H,12H2,1H3,(H2,22,25)(H,23,24). The molecule has 142 valence electrons. The van der Waals surface area contributed by atoms with Crippen molar-refractivity contribution in [2.24, 2.45) is 5.73 Å². The van der Waals surface area contributed by atoms with Gasteiger partial charge in [0.05, 0.1) is 7.11 Å². The Morgan fingerprint density at radius 3 is 2.21 bits per heavy atom. The molecule has 0 saturated carbocycles. The number of hydrogen-bond acceptors (Lipinski definition) is 5. The van der Waals surface area contributed by atoms with Crippen LogP contribution in [-0.2, 0) is 9.53 Å². The van der Waals surface area contributed by atoms with Crippen molar-refractivity contribution >= 4 is 34.2 Å². The number of nitrogens with two attached hydrogens (primary N) is 1. The molecular formula is C21H18N2O5. The van der Waals surface area contributed by atoms with Crippen molar-refractivity contribution in [2.45, 2.75) is 0 Å². The van der Waals surface area contributed by atoms with Gasteiger partial charge in [-0.1, -0.05) is 24.3 Å². The third-order valence-electron chi connectivity index (χ3n) is 4.08. The normalized spacial score (nSPS) is 10.3. The van der Waals surface area contributed by atoms with Crippen molar-refractivity contribution < 1.29 is 23.9 Å². The molecule has 2 amide bonds. The number of hydrogen-bond donors (Lipinski definition) is 2. The average Bonchev–Trinajstić information content (AvgIpc) is 2.71. The predicted octanol–water partition coefficient (Wildman–Crippen LogP) is 2.74. The third-order valence-corrected chi connectivity index (χ3v) is 4.08. The molecule has 0 aliphatic carbocycles. The summed E-state index contributed by atoms with van der Waals surface area (Å²) < 4.78 is 10.4. The van der Waals surface area contributed by atoms with Crippen LogP contribution in [0.15, 0.2) is 60.7 Å². The number of methoxy groups -OCH3 is 1. The van der Waals surface area contributed by atoms with Crippen LogP contribution in [0.1, 0.15) is 20.7 Å². The molecule has 3 aromatic carbocycles. The van der Waals surface area contributed by atoms with Crippen LogP contribution in [0.5, 0.6) is 5.75 Å². The van der Waals surface area contributed by atoms with Crippen molar-refractivity contribution in [3.05, 3.63) is 71.8 Å². The highest BCUT2D eigenvalue weighted by molar-refractivity contribution is 6.00. The second-order valence-electron chi connectivity index (χ2n) is 5.97. The highest BCUT2D eigenvalue weighted by atomic mass is 16.5. The number of primary amides is 1. The van der Waals surface area contributed by atoms with Crippen LogP contribution in [0.3, 0.4) is 0 Å². The van der Waals surface area contributed by atoms with Gasteiger partial charge in [0, 0.05) is 11.3 Å². The van der Waals surface area contributed by atoms with Gasteiger partial charge in [-0.25, -0.2) is 4.79 Å². The molecule has 0 heterocycles. The second kappa shape index (κ2) is 8.22. The summed E-state index contributed by atoms with van der Waals surface area (Å²) in [7, 11) is 1.46. The monoisotopic (exact) mass is 378 g/mol. The number of nitrogens with one attached hydrogen (secondary N) is 1. The molecule has 0 aromatic heterocycles. The number of carbonyl (C=O) groups is 3. The maximum Gasteiger partial charge on any atom is 0.342 e. The highest BCUT2D eigenvalue weighted by Crippen LogP contribution is 2.26. The summed E-state index contributed by atoms with van der Waals surface area (Å²) in [5.41, 5.74) is 6.18. The fourth-order valence-electron chi connectivity index (χ4n) is 2.67. The minimum atomic E-state index is -0.665. The molecule has 0 fully saturated rings. The number of anilines is 1. The lowest BCUT2D eigenvalue weighted by Gasteiger charge is -2.11. The smallest absolute Gasteiger partial charge is 0.342 e. The Morgan fingerprint density at radius 2 is 1.61 bits per heavy atom. The van der Waals surface area contributed by atoms with Crippen molar-refractivity contribution in [1.82, 2.24) is 0 Å². The largest absolute Gasteiger partial charge is 0.496 e. The van der Waals surface area contributed by atoms with E-state index in [0.717, 1.165) is 10.8 Å². The van der Waals surface area contributed by atoms with E-state index < -0.39 is 24.4 Å². The number of benzene rings is 3. The van der Waals surface area contributed by atoms with E-state index in [-0.39, 0.29) is 5.56 Å². The van der Waals surface area contributed by atoms with Gasteiger partial charge in [-0.05, 0) is 47.2 Å². The van der Waals surface area contributed by atoms with Crippen LogP contribution >= 0.6 is 0 Å². The van der Waals surface area contributed by atoms with Gasteiger partial charge < -0.3 is 20.5 Å². The number of esters is 1. The molecule has 3 N–H and O–H groups in total. The Morgan fingerprint density at radius 1 is 0.964 bits per heavy atom. The average molecular weight is 378 g/mol. The summed E-state index contributed by atoms with van der Waals surface area (Å²) >= 11 is 0. The molecule has 0 saturated heterocycles. The summed E-state index contributed by atoms with van der Waals surface area (Å²) in [4.78, 5) is 35.5. The summed E-state index contributed by atoms with van der Waals surface area (Å²) in [6.07, 6.45) is 0. The van der Waals surface area contributed by atoms with E-state index in [2.05, 4.69) is 5.32 Å². The first kappa shape index (κ1) is 18.9. The predicted molar refractivity (Wildman–Crippen MR) is 104 cm³/mol. The second-order valence-corrected chi connectivity index (χ2v) is 5.97. The van der Waals surface area contributed by atoms with Crippen LogP contribution in [-0.4, -0.2) is 31.5 Å². The van der Waals surface area contributed by atoms with E-state index in [1.807, 2.05) is 24.3 Å². The minimum Gasteiger partial charge on any atom is -0.496 e. The molecule has 28 heavy (non-hydrogen) atoms. The van der Waals surface area contributed by atoms with Crippen molar-refractivity contribution in [3.63, 3.8) is 0 Å². The van der Waals surface area contributed by atoms with Gasteiger partial charge in [-0.3, -0.25) is 9.59 Å². The fourth-order valence-corrected chi connectivity index (χ4v) is 2.67. The molecule has 0 bridgehead atoms. The van der Waals surface area contributed by atoms with Gasteiger partial charge in [0.15, 0.2) is 6.61 Å². The maximum absolute atomic E-state index is 12.4. The first-order chi connectivity index (χ1) is 13.5. The Labute approximate surface area is 161 Å². The van der Waals surface area contributed by atoms with Crippen LogP contribution in [0, 0.1) is 0 Å². The SMILES string of the molecule is COc1cc2ccccc2cc1C(=O)OCC(=O)Nc1ccc(C(N)=O)cc1. The Balaban J connectivity index is 1.65. The molecule has 0 spiro atoms. The molecule has 0 aliphatic heterocycles. The van der Waals surface area contributed by atoms with Gasteiger partial charge in [0.25, 0.3) is 5.91 Å². The summed E-state index contributed by atoms with van der Waals surface area (Å²) in [6.45, 7) is -0.466. The molecule has 3 aromatic rings. The third kappa shape index (κ3) is 4.27. The van der Waals surface area contributed by atoms with E-state index in [1.165, 1.54) is 31.4 Å². The lowest BCUT2D eigenvalue weighted by Crippen LogP contribution is -2.21. The highest BCUT2D eigenvalue weighted by Gasteiger charge is 2.16. The molecule has 0 radical (unpaired) electrons. The number of amides is 2. The zero-order valence-electron chi connectivity index (χ0n) is 15.1. The molecule has 7 nitrogen and oxygen atoms in total. The molecule has 7 heteroatoms. The molecule has 0 aliphatic rings. The van der Waals surface area contributed by atoms with Crippen LogP contribution in [0.25, 0.3) is 10.8 Å². The summed E-state index contributed by atoms with van der Waals surface area (Å²) in [6, 6.07) is 17.0. The molecule has 3 rings (SSSR count). The van der Waals surface area contributed by atoms with Crippen molar-refractivity contribution in [1.29, 1.82) is 0 Å². The first-order valence-electron chi connectivity index (χ1n) is 8.41. The summed E-state index contributed by atoms with van der Waals surface area (Å²) in [5.74, 6) is -1.37. The van der Waals surface area contributed by atoms with E-state index in [4.69, 9.17) is 15.2 Å². The Bertz CT molecular complexity index is 1040.